The second-order valence-corrected chi connectivity index (χ2v) is 8.77. The highest BCUT2D eigenvalue weighted by Gasteiger charge is 2.21. The Kier molecular flexibility index (Phi) is 5.20. The molecule has 0 fully saturated rings. The van der Waals surface area contributed by atoms with Gasteiger partial charge in [-0.2, -0.15) is 0 Å². The van der Waals surface area contributed by atoms with Gasteiger partial charge in [-0.15, -0.1) is 0 Å². The van der Waals surface area contributed by atoms with Crippen molar-refractivity contribution in [2.75, 3.05) is 15.7 Å². The van der Waals surface area contributed by atoms with Crippen LogP contribution in [0.15, 0.2) is 47.4 Å². The Morgan fingerprint density at radius 1 is 1.00 bits per heavy atom. The third-order valence-electron chi connectivity index (χ3n) is 2.84. The highest BCUT2D eigenvalue weighted by atomic mass is 35.5. The van der Waals surface area contributed by atoms with Gasteiger partial charge in [0, 0.05) is 6.07 Å². The summed E-state index contributed by atoms with van der Waals surface area (Å²) in [7, 11) is -7.66. The summed E-state index contributed by atoms with van der Waals surface area (Å²) in [4.78, 5) is 9.73. The Labute approximate surface area is 148 Å². The van der Waals surface area contributed by atoms with Crippen molar-refractivity contribution < 1.29 is 21.8 Å². The van der Waals surface area contributed by atoms with Gasteiger partial charge in [-0.25, -0.2) is 16.8 Å². The first-order chi connectivity index (χ1) is 11.5. The molecule has 0 heterocycles. The Hall–Kier alpha value is -2.37. The number of benzene rings is 2. The molecule has 0 bridgehead atoms. The summed E-state index contributed by atoms with van der Waals surface area (Å²) in [5, 5.41) is 10.7. The van der Waals surface area contributed by atoms with Crippen molar-refractivity contribution in [2.24, 2.45) is 0 Å². The van der Waals surface area contributed by atoms with E-state index in [2.05, 4.69) is 9.44 Å². The predicted octanol–water partition coefficient (Wildman–Crippen LogP) is 2.42. The molecule has 0 spiro atoms. The highest BCUT2D eigenvalue weighted by Crippen LogP contribution is 2.28. The van der Waals surface area contributed by atoms with Gasteiger partial charge in [0.05, 0.1) is 27.4 Å². The van der Waals surface area contributed by atoms with E-state index in [1.165, 1.54) is 24.3 Å². The second-order valence-electron chi connectivity index (χ2n) is 4.93. The number of halogens is 1. The van der Waals surface area contributed by atoms with Crippen molar-refractivity contribution in [3.05, 3.63) is 57.6 Å². The molecule has 0 amide bonds. The standard InChI is InChI=1S/C13H12ClN3O6S2/c1-24(20,21)15-9-3-2-4-10(7-9)16-25(22,23)11-5-6-12(14)13(8-11)17(18)19/h2-8,15-16H,1H3. The predicted molar refractivity (Wildman–Crippen MR) is 93.8 cm³/mol. The maximum absolute atomic E-state index is 12.4. The normalized spacial score (nSPS) is 11.8. The number of hydrogen-bond donors (Lipinski definition) is 2. The largest absolute Gasteiger partial charge is 0.289 e. The van der Waals surface area contributed by atoms with Crippen LogP contribution in [0, 0.1) is 10.1 Å². The molecule has 0 unspecified atom stereocenters. The van der Waals surface area contributed by atoms with E-state index in [9.17, 15) is 26.9 Å². The number of sulfonamides is 2. The molecule has 12 heteroatoms. The first kappa shape index (κ1) is 19.0. The van der Waals surface area contributed by atoms with Crippen LogP contribution in [0.5, 0.6) is 0 Å². The maximum Gasteiger partial charge on any atom is 0.289 e. The average Bonchev–Trinajstić information content (AvgIpc) is 2.45. The summed E-state index contributed by atoms with van der Waals surface area (Å²) in [5.74, 6) is 0. The zero-order chi connectivity index (χ0) is 18.8. The van der Waals surface area contributed by atoms with Crippen molar-refractivity contribution in [3.63, 3.8) is 0 Å². The van der Waals surface area contributed by atoms with Crippen LogP contribution in [0.3, 0.4) is 0 Å². The van der Waals surface area contributed by atoms with E-state index in [0.717, 1.165) is 24.5 Å². The van der Waals surface area contributed by atoms with Crippen LogP contribution in [0.1, 0.15) is 0 Å². The van der Waals surface area contributed by atoms with Crippen molar-refractivity contribution in [1.82, 2.24) is 0 Å². The molecule has 0 saturated heterocycles. The minimum absolute atomic E-state index is 0.0752. The lowest BCUT2D eigenvalue weighted by atomic mass is 10.3. The first-order valence-corrected chi connectivity index (χ1v) is 10.3. The van der Waals surface area contributed by atoms with Gasteiger partial charge in [-0.3, -0.25) is 19.6 Å². The molecule has 0 radical (unpaired) electrons. The molecule has 0 saturated carbocycles. The molecule has 134 valence electrons. The van der Waals surface area contributed by atoms with Gasteiger partial charge in [0.25, 0.3) is 15.7 Å². The number of nitro benzene ring substituents is 1. The van der Waals surface area contributed by atoms with E-state index in [4.69, 9.17) is 11.6 Å². The Morgan fingerprint density at radius 2 is 1.60 bits per heavy atom. The fraction of sp³-hybridized carbons (Fsp3) is 0.0769. The lowest BCUT2D eigenvalue weighted by Gasteiger charge is -2.10. The molecule has 0 atom stereocenters. The molecule has 25 heavy (non-hydrogen) atoms. The second kappa shape index (κ2) is 6.86. The monoisotopic (exact) mass is 405 g/mol. The molecule has 2 aromatic rings. The Morgan fingerprint density at radius 3 is 2.16 bits per heavy atom. The summed E-state index contributed by atoms with van der Waals surface area (Å²) >= 11 is 5.66. The van der Waals surface area contributed by atoms with Crippen molar-refractivity contribution in [2.45, 2.75) is 4.90 Å². The van der Waals surface area contributed by atoms with E-state index < -0.39 is 30.7 Å². The van der Waals surface area contributed by atoms with Gasteiger partial charge in [0.15, 0.2) is 0 Å². The lowest BCUT2D eigenvalue weighted by molar-refractivity contribution is -0.384. The summed E-state index contributed by atoms with van der Waals surface area (Å²) in [6.45, 7) is 0. The van der Waals surface area contributed by atoms with Gasteiger partial charge in [0.1, 0.15) is 5.02 Å². The van der Waals surface area contributed by atoms with Crippen LogP contribution < -0.4 is 9.44 Å². The molecule has 0 aliphatic carbocycles. The minimum Gasteiger partial charge on any atom is -0.284 e. The van der Waals surface area contributed by atoms with E-state index in [1.54, 1.807) is 0 Å². The molecule has 0 aliphatic heterocycles. The number of hydrogen-bond acceptors (Lipinski definition) is 6. The number of nitrogens with zero attached hydrogens (tertiary/aromatic N) is 1. The molecule has 2 aromatic carbocycles. The van der Waals surface area contributed by atoms with E-state index in [-0.39, 0.29) is 21.3 Å². The number of anilines is 2. The third kappa shape index (κ3) is 5.05. The Balaban J connectivity index is 2.35. The summed E-state index contributed by atoms with van der Waals surface area (Å²) in [5.41, 5.74) is -0.312. The molecular weight excluding hydrogens is 394 g/mol. The van der Waals surface area contributed by atoms with Crippen molar-refractivity contribution in [3.8, 4) is 0 Å². The molecule has 9 nitrogen and oxygen atoms in total. The average molecular weight is 406 g/mol. The summed E-state index contributed by atoms with van der Waals surface area (Å²) in [6, 6.07) is 8.61. The fourth-order valence-corrected chi connectivity index (χ4v) is 3.68. The number of nitrogens with one attached hydrogen (secondary N) is 2. The van der Waals surface area contributed by atoms with Gasteiger partial charge >= 0.3 is 0 Å². The SMILES string of the molecule is CS(=O)(=O)Nc1cccc(NS(=O)(=O)c2ccc(Cl)c([N+](=O)[O-])c2)c1. The number of nitro groups is 1. The zero-order valence-corrected chi connectivity index (χ0v) is 15.0. The van der Waals surface area contributed by atoms with E-state index in [0.29, 0.717) is 0 Å². The third-order valence-corrected chi connectivity index (χ3v) is 5.15. The van der Waals surface area contributed by atoms with Gasteiger partial charge in [0.2, 0.25) is 10.0 Å². The van der Waals surface area contributed by atoms with Crippen LogP contribution in [0.25, 0.3) is 0 Å². The lowest BCUT2D eigenvalue weighted by Crippen LogP contribution is -2.14. The van der Waals surface area contributed by atoms with E-state index in [1.807, 2.05) is 0 Å². The van der Waals surface area contributed by atoms with Gasteiger partial charge in [-0.05, 0) is 30.3 Å². The quantitative estimate of drug-likeness (QED) is 0.559. The van der Waals surface area contributed by atoms with Crippen molar-refractivity contribution >= 4 is 48.7 Å². The Bertz CT molecular complexity index is 1040. The van der Waals surface area contributed by atoms with Gasteiger partial charge < -0.3 is 0 Å². The fourth-order valence-electron chi connectivity index (χ4n) is 1.87. The smallest absolute Gasteiger partial charge is 0.284 e. The van der Waals surface area contributed by atoms with E-state index >= 15 is 0 Å². The van der Waals surface area contributed by atoms with Gasteiger partial charge in [-0.1, -0.05) is 17.7 Å². The molecule has 0 aliphatic rings. The zero-order valence-electron chi connectivity index (χ0n) is 12.6. The van der Waals surface area contributed by atoms with Crippen molar-refractivity contribution in [1.29, 1.82) is 0 Å². The number of rotatable bonds is 6. The summed E-state index contributed by atoms with van der Waals surface area (Å²) in [6.07, 6.45) is 0.955. The summed E-state index contributed by atoms with van der Waals surface area (Å²) < 4.78 is 51.6. The minimum atomic E-state index is -4.14. The van der Waals surface area contributed by atoms with Crippen LogP contribution in [-0.2, 0) is 20.0 Å². The molecule has 0 aromatic heterocycles. The van der Waals surface area contributed by atoms with Crippen LogP contribution >= 0.6 is 11.6 Å². The van der Waals surface area contributed by atoms with Crippen LogP contribution in [-0.4, -0.2) is 28.0 Å². The van der Waals surface area contributed by atoms with Crippen LogP contribution in [0.2, 0.25) is 5.02 Å². The topological polar surface area (TPSA) is 135 Å². The first-order valence-electron chi connectivity index (χ1n) is 6.52. The highest BCUT2D eigenvalue weighted by molar-refractivity contribution is 7.92. The molecular formula is C13H12ClN3O6S2. The van der Waals surface area contributed by atoms with Crippen LogP contribution in [0.4, 0.5) is 17.1 Å². The molecule has 2 N–H and O–H groups in total. The maximum atomic E-state index is 12.4. The molecule has 2 rings (SSSR count).